The second-order valence-electron chi connectivity index (χ2n) is 2.54. The largest absolute Gasteiger partial charge is 0.421 e. The van der Waals surface area contributed by atoms with E-state index in [0.717, 1.165) is 0 Å². The second kappa shape index (κ2) is 4.04. The van der Waals surface area contributed by atoms with Crippen LogP contribution in [-0.4, -0.2) is 27.7 Å². The molecule has 4 nitrogen and oxygen atoms in total. The van der Waals surface area contributed by atoms with Gasteiger partial charge in [0.25, 0.3) is 0 Å². The number of hydrogen-bond donors (Lipinski definition) is 3. The topological polar surface area (TPSA) is 87.3 Å². The Kier molecular flexibility index (Phi) is 4.07. The van der Waals surface area contributed by atoms with Crippen LogP contribution in [0.2, 0.25) is 0 Å². The molecule has 0 aliphatic heterocycles. The smallest absolute Gasteiger partial charge is 0.198 e. The first kappa shape index (κ1) is 10.1. The fourth-order valence-corrected chi connectivity index (χ4v) is 1.23. The van der Waals surface area contributed by atoms with Crippen LogP contribution in [0.15, 0.2) is 0 Å². The van der Waals surface area contributed by atoms with Gasteiger partial charge in [-0.2, -0.15) is 0 Å². The summed E-state index contributed by atoms with van der Waals surface area (Å²) >= 11 is 0. The normalized spacial score (nSPS) is 16.5. The van der Waals surface area contributed by atoms with Gasteiger partial charge in [0, 0.05) is 12.6 Å². The van der Waals surface area contributed by atoms with Gasteiger partial charge in [-0.05, 0) is 13.8 Å². The molecule has 0 aliphatic rings. The minimum absolute atomic E-state index is 0.189. The van der Waals surface area contributed by atoms with E-state index in [2.05, 4.69) is 0 Å². The Hall–Kier alpha value is 0.0569. The summed E-state index contributed by atoms with van der Waals surface area (Å²) in [6, 6.07) is -0.189. The van der Waals surface area contributed by atoms with Crippen molar-refractivity contribution in [1.29, 1.82) is 0 Å². The first-order valence-corrected chi connectivity index (χ1v) is 4.70. The van der Waals surface area contributed by atoms with Crippen LogP contribution in [0.1, 0.15) is 13.8 Å². The predicted molar refractivity (Wildman–Crippen MR) is 44.9 cm³/mol. The standard InChI is InChI=1S/C5H17N3OSi/c1-3-9-10-5(7,8)4(2)6/h4H,3,6-8,10H2,1-2H3. The van der Waals surface area contributed by atoms with Crippen LogP contribution < -0.4 is 17.2 Å². The first-order chi connectivity index (χ1) is 4.50. The summed E-state index contributed by atoms with van der Waals surface area (Å²) in [7, 11) is -0.878. The van der Waals surface area contributed by atoms with Gasteiger partial charge in [-0.15, -0.1) is 0 Å². The van der Waals surface area contributed by atoms with Crippen LogP contribution in [-0.2, 0) is 4.43 Å². The highest BCUT2D eigenvalue weighted by molar-refractivity contribution is 6.32. The zero-order valence-corrected chi connectivity index (χ0v) is 8.05. The fraction of sp³-hybridized carbons (Fsp3) is 1.00. The molecule has 0 spiro atoms. The lowest BCUT2D eigenvalue weighted by molar-refractivity contribution is 0.325. The third-order valence-electron chi connectivity index (χ3n) is 1.40. The van der Waals surface area contributed by atoms with Crippen molar-refractivity contribution in [1.82, 2.24) is 0 Å². The Labute approximate surface area is 64.0 Å². The molecule has 0 fully saturated rings. The van der Waals surface area contributed by atoms with Crippen LogP contribution >= 0.6 is 0 Å². The maximum Gasteiger partial charge on any atom is 0.198 e. The summed E-state index contributed by atoms with van der Waals surface area (Å²) in [5.41, 5.74) is 16.8. The average Bonchev–Trinajstić information content (AvgIpc) is 1.84. The van der Waals surface area contributed by atoms with E-state index in [9.17, 15) is 0 Å². The fourth-order valence-electron chi connectivity index (χ4n) is 0.410. The molecule has 0 bridgehead atoms. The third-order valence-corrected chi connectivity index (χ3v) is 3.16. The highest BCUT2D eigenvalue weighted by atomic mass is 28.2. The first-order valence-electron chi connectivity index (χ1n) is 3.41. The van der Waals surface area contributed by atoms with E-state index < -0.39 is 15.0 Å². The molecule has 1 unspecified atom stereocenters. The van der Waals surface area contributed by atoms with Crippen molar-refractivity contribution in [3.63, 3.8) is 0 Å². The zero-order valence-electron chi connectivity index (χ0n) is 6.63. The van der Waals surface area contributed by atoms with Gasteiger partial charge in [0.05, 0.1) is 5.29 Å². The van der Waals surface area contributed by atoms with Gasteiger partial charge in [-0.25, -0.2) is 0 Å². The molecule has 0 aromatic rings. The van der Waals surface area contributed by atoms with Crippen LogP contribution in [0.25, 0.3) is 0 Å². The highest BCUT2D eigenvalue weighted by Crippen LogP contribution is 1.93. The Morgan fingerprint density at radius 1 is 1.60 bits per heavy atom. The summed E-state index contributed by atoms with van der Waals surface area (Å²) in [5.74, 6) is 0. The van der Waals surface area contributed by atoms with Crippen molar-refractivity contribution in [2.45, 2.75) is 25.2 Å². The molecule has 0 aliphatic carbocycles. The third kappa shape index (κ3) is 3.28. The lowest BCUT2D eigenvalue weighted by Crippen LogP contribution is -2.65. The van der Waals surface area contributed by atoms with Crippen LogP contribution in [0, 0.1) is 0 Å². The minimum atomic E-state index is -0.878. The number of hydrogen-bond acceptors (Lipinski definition) is 4. The van der Waals surface area contributed by atoms with Gasteiger partial charge in [-0.1, -0.05) is 0 Å². The molecule has 62 valence electrons. The van der Waals surface area contributed by atoms with Crippen molar-refractivity contribution in [2.24, 2.45) is 17.2 Å². The maximum atomic E-state index is 5.64. The highest BCUT2D eigenvalue weighted by Gasteiger charge is 2.24. The molecule has 1 atom stereocenters. The molecule has 6 N–H and O–H groups in total. The zero-order chi connectivity index (χ0) is 8.20. The van der Waals surface area contributed by atoms with Gasteiger partial charge in [-0.3, -0.25) is 0 Å². The van der Waals surface area contributed by atoms with Gasteiger partial charge < -0.3 is 21.6 Å². The Morgan fingerprint density at radius 3 is 2.40 bits per heavy atom. The van der Waals surface area contributed by atoms with E-state index in [-0.39, 0.29) is 6.04 Å². The monoisotopic (exact) mass is 163 g/mol. The van der Waals surface area contributed by atoms with Crippen LogP contribution in [0.5, 0.6) is 0 Å². The molecule has 0 rings (SSSR count). The van der Waals surface area contributed by atoms with Crippen LogP contribution in [0.4, 0.5) is 0 Å². The van der Waals surface area contributed by atoms with Crippen LogP contribution in [0.3, 0.4) is 0 Å². The average molecular weight is 163 g/mol. The maximum absolute atomic E-state index is 5.64. The van der Waals surface area contributed by atoms with Crippen molar-refractivity contribution >= 4 is 9.76 Å². The Balaban J connectivity index is 3.63. The summed E-state index contributed by atoms with van der Waals surface area (Å²) < 4.78 is 5.17. The summed E-state index contributed by atoms with van der Waals surface area (Å²) in [5, 5.41) is -0.754. The molecule has 0 amide bonds. The number of rotatable bonds is 4. The summed E-state index contributed by atoms with van der Waals surface area (Å²) in [4.78, 5) is 0. The summed E-state index contributed by atoms with van der Waals surface area (Å²) in [6.45, 7) is 4.39. The molecule has 10 heavy (non-hydrogen) atoms. The molecule has 0 aromatic carbocycles. The van der Waals surface area contributed by atoms with Gasteiger partial charge in [0.2, 0.25) is 0 Å². The molecule has 0 saturated carbocycles. The minimum Gasteiger partial charge on any atom is -0.421 e. The van der Waals surface area contributed by atoms with Crippen molar-refractivity contribution < 1.29 is 4.43 Å². The molecule has 0 heterocycles. The lowest BCUT2D eigenvalue weighted by Gasteiger charge is -2.27. The quantitative estimate of drug-likeness (QED) is 0.331. The number of nitrogens with two attached hydrogens (primary N) is 3. The van der Waals surface area contributed by atoms with E-state index in [1.165, 1.54) is 0 Å². The van der Waals surface area contributed by atoms with Gasteiger partial charge in [0.15, 0.2) is 9.76 Å². The van der Waals surface area contributed by atoms with Gasteiger partial charge in [0.1, 0.15) is 0 Å². The molecule has 5 heteroatoms. The van der Waals surface area contributed by atoms with Crippen molar-refractivity contribution in [3.8, 4) is 0 Å². The van der Waals surface area contributed by atoms with Crippen molar-refractivity contribution in [2.75, 3.05) is 6.61 Å². The second-order valence-corrected chi connectivity index (χ2v) is 4.46. The summed E-state index contributed by atoms with van der Waals surface area (Å²) in [6.07, 6.45) is 0. The van der Waals surface area contributed by atoms with E-state index >= 15 is 0 Å². The Bertz CT molecular complexity index is 96.9. The van der Waals surface area contributed by atoms with Gasteiger partial charge >= 0.3 is 0 Å². The molecule has 0 saturated heterocycles. The lowest BCUT2D eigenvalue weighted by atomic mass is 10.3. The molecular formula is C5H17N3OSi. The molecule has 0 radical (unpaired) electrons. The van der Waals surface area contributed by atoms with E-state index in [1.54, 1.807) is 6.92 Å². The van der Waals surface area contributed by atoms with E-state index in [1.807, 2.05) is 6.92 Å². The molecular weight excluding hydrogens is 146 g/mol. The SMILES string of the molecule is CCO[SiH2]C(N)(N)C(C)N. The predicted octanol–water partition coefficient (Wildman–Crippen LogP) is -1.97. The van der Waals surface area contributed by atoms with E-state index in [4.69, 9.17) is 21.6 Å². The molecule has 0 aromatic heterocycles. The van der Waals surface area contributed by atoms with Crippen molar-refractivity contribution in [3.05, 3.63) is 0 Å². The Morgan fingerprint density at radius 2 is 2.10 bits per heavy atom. The van der Waals surface area contributed by atoms with E-state index in [0.29, 0.717) is 6.61 Å².